The third-order valence-electron chi connectivity index (χ3n) is 4.18. The van der Waals surface area contributed by atoms with Crippen molar-refractivity contribution in [3.8, 4) is 5.75 Å². The van der Waals surface area contributed by atoms with Crippen LogP contribution in [-0.4, -0.2) is 20.2 Å². The second-order valence-corrected chi connectivity index (χ2v) is 5.88. The number of carbonyl (C=O) groups is 1. The van der Waals surface area contributed by atoms with Crippen LogP contribution in [0, 0.1) is 25.7 Å². The van der Waals surface area contributed by atoms with Gasteiger partial charge in [-0.15, -0.1) is 0 Å². The summed E-state index contributed by atoms with van der Waals surface area (Å²) in [6.45, 7) is 4.02. The van der Waals surface area contributed by atoms with E-state index in [1.54, 1.807) is 7.11 Å². The SMILES string of the molecule is COC(=O)C1CC1CCc1c(C)c(Cl)cc(C)c1OC. The van der Waals surface area contributed by atoms with Crippen molar-refractivity contribution in [2.24, 2.45) is 11.8 Å². The second kappa shape index (κ2) is 6.04. The summed E-state index contributed by atoms with van der Waals surface area (Å²) < 4.78 is 10.3. The maximum absolute atomic E-state index is 11.4. The smallest absolute Gasteiger partial charge is 0.308 e. The molecule has 0 saturated heterocycles. The molecule has 0 heterocycles. The van der Waals surface area contributed by atoms with E-state index < -0.39 is 0 Å². The zero-order valence-corrected chi connectivity index (χ0v) is 13.2. The molecule has 2 rings (SSSR count). The van der Waals surface area contributed by atoms with E-state index in [4.69, 9.17) is 21.1 Å². The number of aryl methyl sites for hydroxylation is 1. The molecule has 1 aliphatic rings. The van der Waals surface area contributed by atoms with E-state index in [0.717, 1.165) is 46.7 Å². The fourth-order valence-electron chi connectivity index (χ4n) is 2.84. The number of ether oxygens (including phenoxy) is 2. The van der Waals surface area contributed by atoms with Gasteiger partial charge >= 0.3 is 5.97 Å². The maximum Gasteiger partial charge on any atom is 0.308 e. The Hall–Kier alpha value is -1.22. The molecule has 0 aliphatic heterocycles. The predicted octanol–water partition coefficient (Wildman–Crippen LogP) is 3.71. The summed E-state index contributed by atoms with van der Waals surface area (Å²) in [5, 5.41) is 0.776. The Morgan fingerprint density at radius 3 is 2.70 bits per heavy atom. The van der Waals surface area contributed by atoms with E-state index in [-0.39, 0.29) is 11.9 Å². The molecule has 1 aliphatic carbocycles. The van der Waals surface area contributed by atoms with E-state index >= 15 is 0 Å². The highest BCUT2D eigenvalue weighted by Crippen LogP contribution is 2.44. The largest absolute Gasteiger partial charge is 0.496 e. The van der Waals surface area contributed by atoms with Crippen LogP contribution < -0.4 is 4.74 Å². The lowest BCUT2D eigenvalue weighted by molar-refractivity contribution is -0.142. The molecule has 0 amide bonds. The average Bonchev–Trinajstić information content (AvgIpc) is 3.19. The highest BCUT2D eigenvalue weighted by Gasteiger charge is 2.43. The molecule has 0 N–H and O–H groups in total. The van der Waals surface area contributed by atoms with Gasteiger partial charge in [-0.3, -0.25) is 4.79 Å². The number of esters is 1. The number of hydrogen-bond donors (Lipinski definition) is 0. The minimum atomic E-state index is -0.0824. The molecule has 20 heavy (non-hydrogen) atoms. The summed E-state index contributed by atoms with van der Waals surface area (Å²) in [6.07, 6.45) is 2.79. The highest BCUT2D eigenvalue weighted by molar-refractivity contribution is 6.31. The topological polar surface area (TPSA) is 35.5 Å². The van der Waals surface area contributed by atoms with Crippen molar-refractivity contribution in [1.29, 1.82) is 0 Å². The molecule has 1 saturated carbocycles. The molecule has 1 aromatic carbocycles. The third kappa shape index (κ3) is 2.93. The molecule has 3 nitrogen and oxygen atoms in total. The number of benzene rings is 1. The van der Waals surface area contributed by atoms with Gasteiger partial charge in [-0.1, -0.05) is 11.6 Å². The van der Waals surface area contributed by atoms with Gasteiger partial charge in [0.05, 0.1) is 20.1 Å². The quantitative estimate of drug-likeness (QED) is 0.777. The number of rotatable bonds is 5. The van der Waals surface area contributed by atoms with Crippen molar-refractivity contribution in [3.63, 3.8) is 0 Å². The minimum Gasteiger partial charge on any atom is -0.496 e. The molecule has 2 unspecified atom stereocenters. The molecule has 1 aromatic rings. The Bertz CT molecular complexity index is 525. The molecular formula is C16H21ClO3. The Kier molecular flexibility index (Phi) is 4.59. The van der Waals surface area contributed by atoms with Crippen molar-refractivity contribution in [1.82, 2.24) is 0 Å². The van der Waals surface area contributed by atoms with Gasteiger partial charge in [-0.25, -0.2) is 0 Å². The molecule has 0 spiro atoms. The van der Waals surface area contributed by atoms with E-state index in [9.17, 15) is 4.79 Å². The first-order valence-electron chi connectivity index (χ1n) is 6.90. The standard InChI is InChI=1S/C16H21ClO3/c1-9-7-14(17)10(2)12(15(9)19-3)6-5-11-8-13(11)16(18)20-4/h7,11,13H,5-6,8H2,1-4H3. The van der Waals surface area contributed by atoms with Gasteiger partial charge in [0.25, 0.3) is 0 Å². The molecule has 0 bridgehead atoms. The summed E-state index contributed by atoms with van der Waals surface area (Å²) in [4.78, 5) is 11.4. The Labute approximate surface area is 125 Å². The van der Waals surface area contributed by atoms with Crippen LogP contribution in [-0.2, 0) is 16.0 Å². The van der Waals surface area contributed by atoms with Crippen molar-refractivity contribution in [2.75, 3.05) is 14.2 Å². The lowest BCUT2D eigenvalue weighted by Gasteiger charge is -2.15. The lowest BCUT2D eigenvalue weighted by Crippen LogP contribution is -2.05. The summed E-state index contributed by atoms with van der Waals surface area (Å²) in [6, 6.07) is 1.94. The van der Waals surface area contributed by atoms with Gasteiger partial charge in [0, 0.05) is 5.02 Å². The van der Waals surface area contributed by atoms with Crippen LogP contribution in [0.1, 0.15) is 29.5 Å². The molecule has 2 atom stereocenters. The van der Waals surface area contributed by atoms with Gasteiger partial charge in [-0.2, -0.15) is 0 Å². The number of halogens is 1. The van der Waals surface area contributed by atoms with Crippen molar-refractivity contribution in [3.05, 3.63) is 27.8 Å². The summed E-state index contributed by atoms with van der Waals surface area (Å²) >= 11 is 6.25. The molecule has 4 heteroatoms. The molecule has 1 fully saturated rings. The van der Waals surface area contributed by atoms with E-state index in [1.807, 2.05) is 19.9 Å². The predicted molar refractivity (Wildman–Crippen MR) is 79.4 cm³/mol. The fraction of sp³-hybridized carbons (Fsp3) is 0.562. The van der Waals surface area contributed by atoms with Gasteiger partial charge in [0.15, 0.2) is 0 Å². The number of carbonyl (C=O) groups excluding carboxylic acids is 1. The van der Waals surface area contributed by atoms with Crippen LogP contribution >= 0.6 is 11.6 Å². The van der Waals surface area contributed by atoms with Crippen LogP contribution in [0.2, 0.25) is 5.02 Å². The molecular weight excluding hydrogens is 276 g/mol. The normalized spacial score (nSPS) is 20.6. The van der Waals surface area contributed by atoms with Crippen LogP contribution in [0.4, 0.5) is 0 Å². The number of hydrogen-bond acceptors (Lipinski definition) is 3. The zero-order chi connectivity index (χ0) is 14.9. The van der Waals surface area contributed by atoms with E-state index in [1.165, 1.54) is 7.11 Å². The first kappa shape index (κ1) is 15.2. The van der Waals surface area contributed by atoms with Crippen molar-refractivity contribution in [2.45, 2.75) is 33.1 Å². The van der Waals surface area contributed by atoms with Gasteiger partial charge in [0.2, 0.25) is 0 Å². The number of methoxy groups -OCH3 is 2. The summed E-state index contributed by atoms with van der Waals surface area (Å²) in [5.74, 6) is 1.36. The van der Waals surface area contributed by atoms with Crippen molar-refractivity contribution >= 4 is 17.6 Å². The lowest BCUT2D eigenvalue weighted by atomic mass is 9.98. The second-order valence-electron chi connectivity index (χ2n) is 5.48. The average molecular weight is 297 g/mol. The van der Waals surface area contributed by atoms with Crippen LogP contribution in [0.3, 0.4) is 0 Å². The molecule has 0 aromatic heterocycles. The Balaban J connectivity index is 2.09. The van der Waals surface area contributed by atoms with E-state index in [2.05, 4.69) is 0 Å². The van der Waals surface area contributed by atoms with Gasteiger partial charge < -0.3 is 9.47 Å². The fourth-order valence-corrected chi connectivity index (χ4v) is 3.12. The summed E-state index contributed by atoms with van der Waals surface area (Å²) in [5.41, 5.74) is 3.29. The molecule has 110 valence electrons. The van der Waals surface area contributed by atoms with Crippen molar-refractivity contribution < 1.29 is 14.3 Å². The highest BCUT2D eigenvalue weighted by atomic mass is 35.5. The third-order valence-corrected chi connectivity index (χ3v) is 4.57. The molecule has 0 radical (unpaired) electrons. The first-order chi connectivity index (χ1) is 9.49. The summed E-state index contributed by atoms with van der Waals surface area (Å²) in [7, 11) is 3.14. The van der Waals surface area contributed by atoms with Gasteiger partial charge in [-0.05, 0) is 61.8 Å². The van der Waals surface area contributed by atoms with Crippen LogP contribution in [0.15, 0.2) is 6.07 Å². The Morgan fingerprint density at radius 2 is 2.10 bits per heavy atom. The van der Waals surface area contributed by atoms with Crippen LogP contribution in [0.5, 0.6) is 5.75 Å². The zero-order valence-electron chi connectivity index (χ0n) is 12.5. The first-order valence-corrected chi connectivity index (χ1v) is 7.27. The van der Waals surface area contributed by atoms with Crippen LogP contribution in [0.25, 0.3) is 0 Å². The minimum absolute atomic E-state index is 0.0824. The van der Waals surface area contributed by atoms with Gasteiger partial charge in [0.1, 0.15) is 5.75 Å². The monoisotopic (exact) mass is 296 g/mol. The Morgan fingerprint density at radius 1 is 1.40 bits per heavy atom. The van der Waals surface area contributed by atoms with E-state index in [0.29, 0.717) is 5.92 Å². The maximum atomic E-state index is 11.4.